The molecule has 3 nitrogen and oxygen atoms in total. The summed E-state index contributed by atoms with van der Waals surface area (Å²) in [5, 5.41) is 0. The number of Topliss-reactive ketones (excluding diaryl/α,β-unsaturated/α-hetero) is 1. The molecule has 1 amide bonds. The number of hydrogen-bond acceptors (Lipinski definition) is 2. The Kier molecular flexibility index (Phi) is 2.31. The third-order valence-electron chi connectivity index (χ3n) is 2.76. The van der Waals surface area contributed by atoms with Gasteiger partial charge in [-0.25, -0.2) is 0 Å². The minimum atomic E-state index is -0.502. The highest BCUT2D eigenvalue weighted by Gasteiger charge is 2.36. The van der Waals surface area contributed by atoms with Crippen LogP contribution < -0.4 is 0 Å². The van der Waals surface area contributed by atoms with Gasteiger partial charge in [0.05, 0.1) is 0 Å². The summed E-state index contributed by atoms with van der Waals surface area (Å²) >= 11 is 0. The minimum absolute atomic E-state index is 0.0377. The number of nitrogens with zero attached hydrogens (tertiary/aromatic N) is 1. The van der Waals surface area contributed by atoms with Gasteiger partial charge in [-0.2, -0.15) is 0 Å². The summed E-state index contributed by atoms with van der Waals surface area (Å²) in [7, 11) is 3.36. The van der Waals surface area contributed by atoms with Crippen LogP contribution in [-0.4, -0.2) is 30.7 Å². The molecular formula is C12H13NO2. The average molecular weight is 203 g/mol. The van der Waals surface area contributed by atoms with Crippen molar-refractivity contribution in [1.82, 2.24) is 4.90 Å². The molecule has 0 radical (unpaired) electrons. The third kappa shape index (κ3) is 1.54. The molecule has 1 aromatic carbocycles. The fourth-order valence-electron chi connectivity index (χ4n) is 1.95. The first-order chi connectivity index (χ1) is 7.11. The van der Waals surface area contributed by atoms with Gasteiger partial charge in [-0.15, -0.1) is 0 Å². The molecule has 15 heavy (non-hydrogen) atoms. The molecule has 3 heteroatoms. The number of carbonyl (C=O) groups excluding carboxylic acids is 2. The van der Waals surface area contributed by atoms with Gasteiger partial charge in [0, 0.05) is 19.7 Å². The van der Waals surface area contributed by atoms with E-state index < -0.39 is 5.92 Å². The smallest absolute Gasteiger partial charge is 0.233 e. The van der Waals surface area contributed by atoms with Crippen molar-refractivity contribution in [2.75, 3.05) is 14.1 Å². The second kappa shape index (κ2) is 3.50. The van der Waals surface area contributed by atoms with E-state index in [2.05, 4.69) is 0 Å². The maximum atomic E-state index is 11.9. The van der Waals surface area contributed by atoms with E-state index in [1.165, 1.54) is 4.90 Å². The first-order valence-corrected chi connectivity index (χ1v) is 4.94. The van der Waals surface area contributed by atoms with Crippen LogP contribution in [-0.2, 0) is 11.2 Å². The Morgan fingerprint density at radius 1 is 1.33 bits per heavy atom. The van der Waals surface area contributed by atoms with Crippen molar-refractivity contribution in [1.29, 1.82) is 0 Å². The molecule has 2 rings (SSSR count). The minimum Gasteiger partial charge on any atom is -0.348 e. The SMILES string of the molecule is CN(C)C(=O)C1Cc2ccccc2C1=O. The Morgan fingerprint density at radius 3 is 2.60 bits per heavy atom. The van der Waals surface area contributed by atoms with Crippen LogP contribution >= 0.6 is 0 Å². The van der Waals surface area contributed by atoms with Crippen molar-refractivity contribution in [2.45, 2.75) is 6.42 Å². The molecule has 0 bridgehead atoms. The van der Waals surface area contributed by atoms with Gasteiger partial charge in [-0.05, 0) is 12.0 Å². The lowest BCUT2D eigenvalue weighted by atomic mass is 10.0. The second-order valence-electron chi connectivity index (χ2n) is 4.01. The Morgan fingerprint density at radius 2 is 2.00 bits per heavy atom. The molecule has 1 unspecified atom stereocenters. The molecule has 78 valence electrons. The average Bonchev–Trinajstić information content (AvgIpc) is 2.56. The topological polar surface area (TPSA) is 37.4 Å². The van der Waals surface area contributed by atoms with Crippen molar-refractivity contribution in [3.63, 3.8) is 0 Å². The number of benzene rings is 1. The fraction of sp³-hybridized carbons (Fsp3) is 0.333. The molecule has 1 aliphatic carbocycles. The van der Waals surface area contributed by atoms with E-state index >= 15 is 0 Å². The van der Waals surface area contributed by atoms with E-state index in [1.54, 1.807) is 20.2 Å². The van der Waals surface area contributed by atoms with Crippen LogP contribution in [0.5, 0.6) is 0 Å². The van der Waals surface area contributed by atoms with Gasteiger partial charge < -0.3 is 4.90 Å². The molecule has 1 atom stereocenters. The summed E-state index contributed by atoms with van der Waals surface area (Å²) < 4.78 is 0. The number of ketones is 1. The van der Waals surface area contributed by atoms with Crippen molar-refractivity contribution in [3.05, 3.63) is 35.4 Å². The normalized spacial score (nSPS) is 18.8. The number of rotatable bonds is 1. The lowest BCUT2D eigenvalue weighted by Gasteiger charge is -2.14. The van der Waals surface area contributed by atoms with Crippen LogP contribution in [0.15, 0.2) is 24.3 Å². The van der Waals surface area contributed by atoms with Crippen molar-refractivity contribution >= 4 is 11.7 Å². The fourth-order valence-corrected chi connectivity index (χ4v) is 1.95. The lowest BCUT2D eigenvalue weighted by Crippen LogP contribution is -2.32. The van der Waals surface area contributed by atoms with E-state index in [0.29, 0.717) is 12.0 Å². The molecular weight excluding hydrogens is 190 g/mol. The second-order valence-corrected chi connectivity index (χ2v) is 4.01. The summed E-state index contributed by atoms with van der Waals surface area (Å²) in [5.41, 5.74) is 1.69. The summed E-state index contributed by atoms with van der Waals surface area (Å²) in [6.07, 6.45) is 0.548. The predicted octanol–water partition coefficient (Wildman–Crippen LogP) is 1.13. The highest BCUT2D eigenvalue weighted by molar-refractivity contribution is 6.13. The zero-order chi connectivity index (χ0) is 11.0. The molecule has 0 heterocycles. The van der Waals surface area contributed by atoms with Gasteiger partial charge in [-0.1, -0.05) is 24.3 Å². The zero-order valence-electron chi connectivity index (χ0n) is 8.86. The largest absolute Gasteiger partial charge is 0.348 e. The monoisotopic (exact) mass is 203 g/mol. The Balaban J connectivity index is 2.31. The summed E-state index contributed by atoms with van der Waals surface area (Å²) in [4.78, 5) is 25.1. The van der Waals surface area contributed by atoms with E-state index in [-0.39, 0.29) is 11.7 Å². The van der Waals surface area contributed by atoms with E-state index in [0.717, 1.165) is 5.56 Å². The van der Waals surface area contributed by atoms with E-state index in [9.17, 15) is 9.59 Å². The molecule has 0 aliphatic heterocycles. The summed E-state index contributed by atoms with van der Waals surface area (Å²) in [6, 6.07) is 7.44. The van der Waals surface area contributed by atoms with Crippen LogP contribution in [0.4, 0.5) is 0 Å². The Hall–Kier alpha value is -1.64. The maximum Gasteiger partial charge on any atom is 0.233 e. The van der Waals surface area contributed by atoms with Crippen molar-refractivity contribution < 1.29 is 9.59 Å². The number of fused-ring (bicyclic) bond motifs is 1. The lowest BCUT2D eigenvalue weighted by molar-refractivity contribution is -0.131. The predicted molar refractivity (Wildman–Crippen MR) is 56.7 cm³/mol. The van der Waals surface area contributed by atoms with E-state index in [4.69, 9.17) is 0 Å². The molecule has 1 aliphatic rings. The number of amides is 1. The van der Waals surface area contributed by atoms with Crippen LogP contribution in [0.25, 0.3) is 0 Å². The third-order valence-corrected chi connectivity index (χ3v) is 2.76. The van der Waals surface area contributed by atoms with E-state index in [1.807, 2.05) is 18.2 Å². The Bertz CT molecular complexity index is 423. The Labute approximate surface area is 88.7 Å². The zero-order valence-corrected chi connectivity index (χ0v) is 8.86. The van der Waals surface area contributed by atoms with Gasteiger partial charge in [0.2, 0.25) is 5.91 Å². The molecule has 0 saturated carbocycles. The summed E-state index contributed by atoms with van der Waals surface area (Å²) in [5.74, 6) is -0.641. The van der Waals surface area contributed by atoms with Gasteiger partial charge in [-0.3, -0.25) is 9.59 Å². The van der Waals surface area contributed by atoms with Crippen LogP contribution in [0, 0.1) is 5.92 Å². The molecule has 0 aromatic heterocycles. The van der Waals surface area contributed by atoms with Crippen LogP contribution in [0.1, 0.15) is 15.9 Å². The quantitative estimate of drug-likeness (QED) is 0.642. The van der Waals surface area contributed by atoms with Crippen LogP contribution in [0.2, 0.25) is 0 Å². The molecule has 0 fully saturated rings. The molecule has 0 N–H and O–H groups in total. The molecule has 0 saturated heterocycles. The van der Waals surface area contributed by atoms with Crippen molar-refractivity contribution in [2.24, 2.45) is 5.92 Å². The number of hydrogen-bond donors (Lipinski definition) is 0. The van der Waals surface area contributed by atoms with Crippen LogP contribution in [0.3, 0.4) is 0 Å². The standard InChI is InChI=1S/C12H13NO2/c1-13(2)12(15)10-7-8-5-3-4-6-9(8)11(10)14/h3-6,10H,7H2,1-2H3. The van der Waals surface area contributed by atoms with Gasteiger partial charge in [0.15, 0.2) is 5.78 Å². The maximum absolute atomic E-state index is 11.9. The highest BCUT2D eigenvalue weighted by Crippen LogP contribution is 2.27. The molecule has 1 aromatic rings. The van der Waals surface area contributed by atoms with Gasteiger partial charge >= 0.3 is 0 Å². The summed E-state index contributed by atoms with van der Waals surface area (Å²) in [6.45, 7) is 0. The van der Waals surface area contributed by atoms with Gasteiger partial charge in [0.25, 0.3) is 0 Å². The highest BCUT2D eigenvalue weighted by atomic mass is 16.2. The van der Waals surface area contributed by atoms with Crippen molar-refractivity contribution in [3.8, 4) is 0 Å². The first kappa shape index (κ1) is 9.90. The molecule has 0 spiro atoms. The first-order valence-electron chi connectivity index (χ1n) is 4.94. The van der Waals surface area contributed by atoms with Gasteiger partial charge in [0.1, 0.15) is 5.92 Å². The number of carbonyl (C=O) groups is 2.